The Morgan fingerprint density at radius 2 is 1.96 bits per heavy atom. The Labute approximate surface area is 138 Å². The Balaban J connectivity index is 2.19. The van der Waals surface area contributed by atoms with Crippen molar-refractivity contribution >= 4 is 34.1 Å². The topological polar surface area (TPSA) is 105 Å². The summed E-state index contributed by atoms with van der Waals surface area (Å²) in [5, 5.41) is 14.3. The number of nitrogens with one attached hydrogen (secondary N) is 2. The molecule has 0 aliphatic heterocycles. The molecule has 8 heteroatoms. The van der Waals surface area contributed by atoms with Crippen LogP contribution < -0.4 is 10.6 Å². The van der Waals surface area contributed by atoms with E-state index in [1.165, 1.54) is 25.4 Å². The van der Waals surface area contributed by atoms with Crippen molar-refractivity contribution in [1.29, 1.82) is 0 Å². The second-order valence-corrected chi connectivity index (χ2v) is 6.52. The van der Waals surface area contributed by atoms with Crippen molar-refractivity contribution in [3.05, 3.63) is 16.0 Å². The van der Waals surface area contributed by atoms with Crippen LogP contribution in [-0.2, 0) is 27.2 Å². The fourth-order valence-corrected chi connectivity index (χ4v) is 3.72. The summed E-state index contributed by atoms with van der Waals surface area (Å²) < 4.78 is 4.81. The lowest BCUT2D eigenvalue weighted by molar-refractivity contribution is -0.136. The van der Waals surface area contributed by atoms with Crippen LogP contribution in [0, 0.1) is 0 Å². The van der Waals surface area contributed by atoms with Gasteiger partial charge < -0.3 is 20.5 Å². The minimum Gasteiger partial charge on any atom is -0.465 e. The van der Waals surface area contributed by atoms with Crippen LogP contribution in [0.4, 0.5) is 5.00 Å². The average molecular weight is 340 g/mol. The van der Waals surface area contributed by atoms with Gasteiger partial charge in [0.2, 0.25) is 0 Å². The first kappa shape index (κ1) is 17.4. The number of ether oxygens (including phenoxy) is 1. The van der Waals surface area contributed by atoms with Gasteiger partial charge in [-0.15, -0.1) is 11.3 Å². The number of rotatable bonds is 4. The van der Waals surface area contributed by atoms with Crippen molar-refractivity contribution < 1.29 is 24.2 Å². The minimum absolute atomic E-state index is 0.0168. The molecule has 23 heavy (non-hydrogen) atoms. The summed E-state index contributed by atoms with van der Waals surface area (Å²) >= 11 is 1.31. The molecular weight excluding hydrogens is 320 g/mol. The predicted molar refractivity (Wildman–Crippen MR) is 85.6 cm³/mol. The average Bonchev–Trinajstić information content (AvgIpc) is 2.89. The quantitative estimate of drug-likeness (QED) is 0.557. The van der Waals surface area contributed by atoms with Crippen molar-refractivity contribution in [3.8, 4) is 0 Å². The number of carbonyl (C=O) groups excluding carboxylic acids is 3. The highest BCUT2D eigenvalue weighted by Crippen LogP contribution is 2.38. The van der Waals surface area contributed by atoms with Crippen molar-refractivity contribution in [2.75, 3.05) is 19.0 Å². The van der Waals surface area contributed by atoms with Crippen LogP contribution in [0.25, 0.3) is 0 Å². The van der Waals surface area contributed by atoms with Crippen LogP contribution >= 0.6 is 11.3 Å². The normalized spacial score (nSPS) is 14.6. The summed E-state index contributed by atoms with van der Waals surface area (Å²) in [6, 6.07) is 0. The Kier molecular flexibility index (Phi) is 5.73. The summed E-state index contributed by atoms with van der Waals surface area (Å²) in [5.41, 5.74) is 1.26. The van der Waals surface area contributed by atoms with Crippen molar-refractivity contribution in [2.45, 2.75) is 38.7 Å². The number of amides is 2. The van der Waals surface area contributed by atoms with Gasteiger partial charge in [-0.05, 0) is 38.2 Å². The molecule has 1 aromatic heterocycles. The Bertz CT molecular complexity index is 624. The molecule has 1 aliphatic rings. The molecule has 0 unspecified atom stereocenters. The van der Waals surface area contributed by atoms with Crippen LogP contribution in [0.1, 0.15) is 40.6 Å². The largest absolute Gasteiger partial charge is 0.465 e. The lowest BCUT2D eigenvalue weighted by Crippen LogP contribution is -2.38. The van der Waals surface area contributed by atoms with Gasteiger partial charge in [-0.25, -0.2) is 4.79 Å². The number of aliphatic hydroxyl groups excluding tert-OH is 1. The van der Waals surface area contributed by atoms with Gasteiger partial charge in [0.1, 0.15) is 5.00 Å². The smallest absolute Gasteiger partial charge is 0.341 e. The summed E-state index contributed by atoms with van der Waals surface area (Å²) in [5.74, 6) is -2.23. The van der Waals surface area contributed by atoms with Crippen LogP contribution in [0.5, 0.6) is 0 Å². The fraction of sp³-hybridized carbons (Fsp3) is 0.533. The number of thiophene rings is 1. The Morgan fingerprint density at radius 1 is 1.26 bits per heavy atom. The van der Waals surface area contributed by atoms with Crippen molar-refractivity contribution in [1.82, 2.24) is 5.32 Å². The van der Waals surface area contributed by atoms with E-state index >= 15 is 0 Å². The number of fused-ring (bicyclic) bond motifs is 1. The molecule has 0 bridgehead atoms. The molecule has 0 spiro atoms. The third-order valence-electron chi connectivity index (χ3n) is 3.55. The molecule has 1 atom stereocenters. The van der Waals surface area contributed by atoms with E-state index in [9.17, 15) is 14.4 Å². The SMILES string of the molecule is COC(=O)c1c(NC(=O)C(=O)NC[C@@H](C)O)sc2c1CCCC2. The fourth-order valence-electron chi connectivity index (χ4n) is 2.45. The van der Waals surface area contributed by atoms with Gasteiger partial charge in [0.15, 0.2) is 0 Å². The second kappa shape index (κ2) is 7.56. The highest BCUT2D eigenvalue weighted by atomic mass is 32.1. The number of hydrogen-bond donors (Lipinski definition) is 3. The van der Waals surface area contributed by atoms with Gasteiger partial charge in [-0.1, -0.05) is 0 Å². The molecule has 3 N–H and O–H groups in total. The molecule has 1 heterocycles. The predicted octanol–water partition coefficient (Wildman–Crippen LogP) is 0.849. The van der Waals surface area contributed by atoms with E-state index in [2.05, 4.69) is 10.6 Å². The molecule has 126 valence electrons. The zero-order valence-corrected chi connectivity index (χ0v) is 13.9. The molecule has 2 rings (SSSR count). The number of methoxy groups -OCH3 is 1. The van der Waals surface area contributed by atoms with Crippen LogP contribution in [0.15, 0.2) is 0 Å². The summed E-state index contributed by atoms with van der Waals surface area (Å²) in [4.78, 5) is 36.7. The molecule has 0 radical (unpaired) electrons. The summed E-state index contributed by atoms with van der Waals surface area (Å²) in [7, 11) is 1.29. The first-order chi connectivity index (χ1) is 10.9. The van der Waals surface area contributed by atoms with E-state index in [1.807, 2.05) is 0 Å². The standard InChI is InChI=1S/C15H20N2O5S/c1-8(18)7-16-12(19)13(20)17-14-11(15(21)22-2)9-5-3-4-6-10(9)23-14/h8,18H,3-7H2,1-2H3,(H,16,19)(H,17,20)/t8-/m1/s1. The summed E-state index contributed by atoms with van der Waals surface area (Å²) in [6.45, 7) is 1.48. The maximum atomic E-state index is 12.0. The van der Waals surface area contributed by atoms with Crippen LogP contribution in [0.2, 0.25) is 0 Å². The van der Waals surface area contributed by atoms with E-state index < -0.39 is 23.9 Å². The van der Waals surface area contributed by atoms with Gasteiger partial charge >= 0.3 is 17.8 Å². The second-order valence-electron chi connectivity index (χ2n) is 5.42. The molecule has 1 aromatic rings. The zero-order valence-electron chi connectivity index (χ0n) is 13.1. The molecular formula is C15H20N2O5S. The molecule has 0 saturated carbocycles. The van der Waals surface area contributed by atoms with E-state index in [-0.39, 0.29) is 6.54 Å². The van der Waals surface area contributed by atoms with Gasteiger partial charge in [0.05, 0.1) is 18.8 Å². The van der Waals surface area contributed by atoms with Gasteiger partial charge in [0, 0.05) is 11.4 Å². The molecule has 2 amide bonds. The summed E-state index contributed by atoms with van der Waals surface area (Å²) in [6.07, 6.45) is 2.90. The van der Waals surface area contributed by atoms with E-state index in [0.717, 1.165) is 36.1 Å². The minimum atomic E-state index is -0.866. The highest BCUT2D eigenvalue weighted by molar-refractivity contribution is 7.17. The van der Waals surface area contributed by atoms with Gasteiger partial charge in [-0.3, -0.25) is 9.59 Å². The van der Waals surface area contributed by atoms with Gasteiger partial charge in [-0.2, -0.15) is 0 Å². The number of anilines is 1. The number of hydrogen-bond acceptors (Lipinski definition) is 6. The van der Waals surface area contributed by atoms with E-state index in [0.29, 0.717) is 10.6 Å². The molecule has 1 aliphatic carbocycles. The highest BCUT2D eigenvalue weighted by Gasteiger charge is 2.28. The number of esters is 1. The maximum absolute atomic E-state index is 12.0. The molecule has 0 aromatic carbocycles. The monoisotopic (exact) mass is 340 g/mol. The Hall–Kier alpha value is -1.93. The third-order valence-corrected chi connectivity index (χ3v) is 4.76. The zero-order chi connectivity index (χ0) is 17.0. The molecule has 0 saturated heterocycles. The van der Waals surface area contributed by atoms with Crippen molar-refractivity contribution in [3.63, 3.8) is 0 Å². The third kappa shape index (κ3) is 4.08. The van der Waals surface area contributed by atoms with Crippen LogP contribution in [-0.4, -0.2) is 42.6 Å². The molecule has 0 fully saturated rings. The lowest BCUT2D eigenvalue weighted by atomic mass is 9.95. The van der Waals surface area contributed by atoms with E-state index in [1.54, 1.807) is 0 Å². The van der Waals surface area contributed by atoms with Crippen molar-refractivity contribution in [2.24, 2.45) is 0 Å². The maximum Gasteiger partial charge on any atom is 0.341 e. The number of aryl methyl sites for hydroxylation is 1. The Morgan fingerprint density at radius 3 is 2.61 bits per heavy atom. The van der Waals surface area contributed by atoms with Crippen LogP contribution in [0.3, 0.4) is 0 Å². The molecule has 7 nitrogen and oxygen atoms in total. The number of carbonyl (C=O) groups is 3. The lowest BCUT2D eigenvalue weighted by Gasteiger charge is -2.11. The van der Waals surface area contributed by atoms with Gasteiger partial charge in [0.25, 0.3) is 0 Å². The first-order valence-corrected chi connectivity index (χ1v) is 8.25. The first-order valence-electron chi connectivity index (χ1n) is 7.44. The van der Waals surface area contributed by atoms with E-state index in [4.69, 9.17) is 9.84 Å². The number of aliphatic hydroxyl groups is 1.